The molecular weight excluding hydrogens is 262 g/mol. The Balaban J connectivity index is 1.34. The van der Waals surface area contributed by atoms with Gasteiger partial charge in [-0.2, -0.15) is 0 Å². The summed E-state index contributed by atoms with van der Waals surface area (Å²) >= 11 is 0. The van der Waals surface area contributed by atoms with Crippen molar-refractivity contribution in [1.82, 2.24) is 10.2 Å². The van der Waals surface area contributed by atoms with Gasteiger partial charge in [-0.1, -0.05) is 6.07 Å². The van der Waals surface area contributed by atoms with Gasteiger partial charge in [0.2, 0.25) is 0 Å². The number of hydrogen-bond acceptors (Lipinski definition) is 4. The number of aryl methyl sites for hydroxylation is 1. The predicted octanol–water partition coefficient (Wildman–Crippen LogP) is 1.71. The quantitative estimate of drug-likeness (QED) is 0.831. The van der Waals surface area contributed by atoms with Gasteiger partial charge in [0.1, 0.15) is 0 Å². The van der Waals surface area contributed by atoms with E-state index in [9.17, 15) is 0 Å². The molecular formula is C17H25N3O. The molecule has 4 nitrogen and oxygen atoms in total. The zero-order valence-corrected chi connectivity index (χ0v) is 12.6. The fourth-order valence-corrected chi connectivity index (χ4v) is 4.13. The highest BCUT2D eigenvalue weighted by atomic mass is 16.5. The van der Waals surface area contributed by atoms with Crippen LogP contribution in [0, 0.1) is 0 Å². The number of nitrogens with one attached hydrogen (secondary N) is 1. The second-order valence-electron chi connectivity index (χ2n) is 6.70. The topological polar surface area (TPSA) is 50.5 Å². The fourth-order valence-electron chi connectivity index (χ4n) is 4.13. The Bertz CT molecular complexity index is 519. The zero-order valence-electron chi connectivity index (χ0n) is 12.6. The number of rotatable bonds is 3. The first-order chi connectivity index (χ1) is 10.3. The normalized spacial score (nSPS) is 32.1. The van der Waals surface area contributed by atoms with E-state index in [1.165, 1.54) is 36.9 Å². The van der Waals surface area contributed by atoms with Gasteiger partial charge < -0.3 is 15.8 Å². The van der Waals surface area contributed by atoms with E-state index in [-0.39, 0.29) is 0 Å². The minimum absolute atomic E-state index is 0.345. The molecule has 4 rings (SSSR count). The predicted molar refractivity (Wildman–Crippen MR) is 84.3 cm³/mol. The number of nitrogen functional groups attached to an aromatic ring is 1. The molecule has 3 unspecified atom stereocenters. The average molecular weight is 287 g/mol. The van der Waals surface area contributed by atoms with Crippen LogP contribution >= 0.6 is 0 Å². The van der Waals surface area contributed by atoms with Gasteiger partial charge in [0.05, 0.1) is 12.7 Å². The smallest absolute Gasteiger partial charge is 0.0827 e. The first-order valence-corrected chi connectivity index (χ1v) is 8.27. The lowest BCUT2D eigenvalue weighted by Crippen LogP contribution is -2.49. The van der Waals surface area contributed by atoms with Crippen LogP contribution < -0.4 is 11.1 Å². The molecule has 0 amide bonds. The molecule has 3 N–H and O–H groups in total. The highest BCUT2D eigenvalue weighted by molar-refractivity contribution is 5.47. The molecule has 2 heterocycles. The van der Waals surface area contributed by atoms with E-state index in [2.05, 4.69) is 22.3 Å². The van der Waals surface area contributed by atoms with Crippen LogP contribution in [0.5, 0.6) is 0 Å². The van der Waals surface area contributed by atoms with Crippen molar-refractivity contribution in [3.63, 3.8) is 0 Å². The average Bonchev–Trinajstić information content (AvgIpc) is 3.10. The monoisotopic (exact) mass is 287 g/mol. The van der Waals surface area contributed by atoms with E-state index >= 15 is 0 Å². The summed E-state index contributed by atoms with van der Waals surface area (Å²) in [5.74, 6) is 0. The van der Waals surface area contributed by atoms with E-state index < -0.39 is 0 Å². The summed E-state index contributed by atoms with van der Waals surface area (Å²) in [6.07, 6.45) is 5.32. The lowest BCUT2D eigenvalue weighted by molar-refractivity contribution is -0.0478. The third kappa shape index (κ3) is 2.68. The first-order valence-electron chi connectivity index (χ1n) is 8.27. The Kier molecular flexibility index (Phi) is 3.61. The molecule has 2 aliphatic heterocycles. The molecule has 2 fully saturated rings. The van der Waals surface area contributed by atoms with Crippen LogP contribution in [0.2, 0.25) is 0 Å². The van der Waals surface area contributed by atoms with Crippen molar-refractivity contribution in [1.29, 1.82) is 0 Å². The Morgan fingerprint density at radius 1 is 1.33 bits per heavy atom. The number of ether oxygens (including phenoxy) is 1. The van der Waals surface area contributed by atoms with Crippen LogP contribution in [0.15, 0.2) is 18.2 Å². The maximum Gasteiger partial charge on any atom is 0.0827 e. The van der Waals surface area contributed by atoms with Gasteiger partial charge in [-0.05, 0) is 55.5 Å². The summed E-state index contributed by atoms with van der Waals surface area (Å²) in [5, 5.41) is 3.71. The maximum absolute atomic E-state index is 6.03. The van der Waals surface area contributed by atoms with Crippen molar-refractivity contribution in [3.05, 3.63) is 29.3 Å². The van der Waals surface area contributed by atoms with Gasteiger partial charge in [-0.3, -0.25) is 4.90 Å². The van der Waals surface area contributed by atoms with Crippen molar-refractivity contribution < 1.29 is 4.74 Å². The molecule has 0 saturated carbocycles. The van der Waals surface area contributed by atoms with Crippen molar-refractivity contribution in [2.45, 2.75) is 43.9 Å². The number of benzene rings is 1. The molecule has 114 valence electrons. The third-order valence-corrected chi connectivity index (χ3v) is 5.30. The summed E-state index contributed by atoms with van der Waals surface area (Å²) < 4.78 is 6.03. The van der Waals surface area contributed by atoms with E-state index in [4.69, 9.17) is 10.5 Å². The molecule has 1 aromatic carbocycles. The van der Waals surface area contributed by atoms with Gasteiger partial charge in [-0.15, -0.1) is 0 Å². The summed E-state index contributed by atoms with van der Waals surface area (Å²) in [7, 11) is 0. The second-order valence-corrected chi connectivity index (χ2v) is 6.70. The Labute approximate surface area is 126 Å². The second kappa shape index (κ2) is 5.59. The van der Waals surface area contributed by atoms with Crippen LogP contribution in [0.3, 0.4) is 0 Å². The van der Waals surface area contributed by atoms with Crippen molar-refractivity contribution in [2.75, 3.05) is 32.0 Å². The SMILES string of the molecule is Nc1ccc2c(c1)CCC2NCC1CN2CCCC2CO1. The number of anilines is 1. The highest BCUT2D eigenvalue weighted by Gasteiger charge is 2.32. The fraction of sp³-hybridized carbons (Fsp3) is 0.647. The summed E-state index contributed by atoms with van der Waals surface area (Å²) in [4.78, 5) is 2.61. The van der Waals surface area contributed by atoms with E-state index in [1.54, 1.807) is 0 Å². The molecule has 21 heavy (non-hydrogen) atoms. The number of morpholine rings is 1. The maximum atomic E-state index is 6.03. The molecule has 1 aliphatic carbocycles. The number of hydrogen-bond donors (Lipinski definition) is 2. The molecule has 0 aromatic heterocycles. The number of nitrogens with zero attached hydrogens (tertiary/aromatic N) is 1. The lowest BCUT2D eigenvalue weighted by Gasteiger charge is -2.35. The van der Waals surface area contributed by atoms with Crippen LogP contribution in [-0.2, 0) is 11.2 Å². The van der Waals surface area contributed by atoms with E-state index in [1.807, 2.05) is 6.07 Å². The molecule has 0 bridgehead atoms. The first kappa shape index (κ1) is 13.6. The molecule has 0 spiro atoms. The van der Waals surface area contributed by atoms with Gasteiger partial charge in [0.25, 0.3) is 0 Å². The molecule has 3 aliphatic rings. The Hall–Kier alpha value is -1.10. The van der Waals surface area contributed by atoms with Crippen molar-refractivity contribution in [3.8, 4) is 0 Å². The number of fused-ring (bicyclic) bond motifs is 2. The molecule has 2 saturated heterocycles. The minimum atomic E-state index is 0.345. The molecule has 4 heteroatoms. The molecule has 3 atom stereocenters. The standard InChI is InChI=1S/C17H25N3O/c18-13-4-5-16-12(8-13)3-6-17(16)19-9-15-10-20-7-1-2-14(20)11-21-15/h4-5,8,14-15,17,19H,1-3,6-7,9-11,18H2. The van der Waals surface area contributed by atoms with Gasteiger partial charge in [-0.25, -0.2) is 0 Å². The van der Waals surface area contributed by atoms with Crippen LogP contribution in [-0.4, -0.2) is 43.3 Å². The molecule has 1 aromatic rings. The largest absolute Gasteiger partial charge is 0.399 e. The lowest BCUT2D eigenvalue weighted by atomic mass is 10.1. The zero-order chi connectivity index (χ0) is 14.2. The van der Waals surface area contributed by atoms with Crippen LogP contribution in [0.1, 0.15) is 36.4 Å². The minimum Gasteiger partial charge on any atom is -0.399 e. The Morgan fingerprint density at radius 2 is 2.29 bits per heavy atom. The van der Waals surface area contributed by atoms with Gasteiger partial charge in [0.15, 0.2) is 0 Å². The Morgan fingerprint density at radius 3 is 3.24 bits per heavy atom. The molecule has 0 radical (unpaired) electrons. The van der Waals surface area contributed by atoms with Crippen LogP contribution in [0.4, 0.5) is 5.69 Å². The summed E-state index contributed by atoms with van der Waals surface area (Å²) in [6.45, 7) is 4.23. The third-order valence-electron chi connectivity index (χ3n) is 5.30. The number of nitrogens with two attached hydrogens (primary N) is 1. The summed E-state index contributed by atoms with van der Waals surface area (Å²) in [5.41, 5.74) is 9.59. The van der Waals surface area contributed by atoms with Gasteiger partial charge >= 0.3 is 0 Å². The van der Waals surface area contributed by atoms with E-state index in [0.29, 0.717) is 18.2 Å². The van der Waals surface area contributed by atoms with Crippen molar-refractivity contribution >= 4 is 5.69 Å². The van der Waals surface area contributed by atoms with Crippen molar-refractivity contribution in [2.24, 2.45) is 0 Å². The van der Waals surface area contributed by atoms with E-state index in [0.717, 1.165) is 31.8 Å². The highest BCUT2D eigenvalue weighted by Crippen LogP contribution is 2.32. The van der Waals surface area contributed by atoms with Gasteiger partial charge in [0, 0.05) is 30.9 Å². The summed E-state index contributed by atoms with van der Waals surface area (Å²) in [6, 6.07) is 7.50. The van der Waals surface area contributed by atoms with Crippen LogP contribution in [0.25, 0.3) is 0 Å².